The standard InChI is InChI=1S/C17H24N2O4/c1-2-23-15-7-4-3-6-14(15)17(22)19-12-10-18(11-13-19)9-5-8-16(20)21/h3-4,6-7H,2,5,8-13H2,1H3,(H,20,21). The van der Waals surface area contributed by atoms with Crippen molar-refractivity contribution >= 4 is 11.9 Å². The van der Waals surface area contributed by atoms with Crippen LogP contribution >= 0.6 is 0 Å². The maximum atomic E-state index is 12.7. The summed E-state index contributed by atoms with van der Waals surface area (Å²) in [6, 6.07) is 7.32. The number of carbonyl (C=O) groups is 2. The lowest BCUT2D eigenvalue weighted by Gasteiger charge is -2.34. The van der Waals surface area contributed by atoms with Gasteiger partial charge < -0.3 is 14.7 Å². The number of hydrogen-bond acceptors (Lipinski definition) is 4. The van der Waals surface area contributed by atoms with E-state index >= 15 is 0 Å². The van der Waals surface area contributed by atoms with Crippen LogP contribution in [-0.2, 0) is 4.79 Å². The first-order valence-electron chi connectivity index (χ1n) is 8.07. The fraction of sp³-hybridized carbons (Fsp3) is 0.529. The van der Waals surface area contributed by atoms with Gasteiger partial charge in [0.1, 0.15) is 5.75 Å². The quantitative estimate of drug-likeness (QED) is 0.828. The van der Waals surface area contributed by atoms with Crippen molar-refractivity contribution in [1.29, 1.82) is 0 Å². The normalized spacial score (nSPS) is 15.4. The van der Waals surface area contributed by atoms with Gasteiger partial charge >= 0.3 is 5.97 Å². The van der Waals surface area contributed by atoms with Crippen LogP contribution in [0, 0.1) is 0 Å². The van der Waals surface area contributed by atoms with Gasteiger partial charge in [-0.1, -0.05) is 12.1 Å². The van der Waals surface area contributed by atoms with Gasteiger partial charge in [-0.15, -0.1) is 0 Å². The van der Waals surface area contributed by atoms with Gasteiger partial charge in [0, 0.05) is 32.6 Å². The summed E-state index contributed by atoms with van der Waals surface area (Å²) < 4.78 is 5.53. The number of nitrogens with zero attached hydrogens (tertiary/aromatic N) is 2. The second-order valence-electron chi connectivity index (χ2n) is 5.56. The van der Waals surface area contributed by atoms with Gasteiger partial charge in [0.15, 0.2) is 0 Å². The lowest BCUT2D eigenvalue weighted by atomic mass is 10.1. The minimum atomic E-state index is -0.758. The molecule has 1 aliphatic rings. The topological polar surface area (TPSA) is 70.1 Å². The zero-order valence-electron chi connectivity index (χ0n) is 13.5. The number of piperazine rings is 1. The predicted molar refractivity (Wildman–Crippen MR) is 86.8 cm³/mol. The fourth-order valence-corrected chi connectivity index (χ4v) is 2.72. The van der Waals surface area contributed by atoms with Gasteiger partial charge in [0.2, 0.25) is 0 Å². The molecule has 1 aromatic rings. The van der Waals surface area contributed by atoms with Crippen molar-refractivity contribution in [3.05, 3.63) is 29.8 Å². The largest absolute Gasteiger partial charge is 0.493 e. The Hall–Kier alpha value is -2.08. The lowest BCUT2D eigenvalue weighted by Crippen LogP contribution is -2.48. The molecule has 0 saturated carbocycles. The number of para-hydroxylation sites is 1. The number of benzene rings is 1. The highest BCUT2D eigenvalue weighted by Crippen LogP contribution is 2.20. The number of aliphatic carboxylic acids is 1. The summed E-state index contributed by atoms with van der Waals surface area (Å²) >= 11 is 0. The summed E-state index contributed by atoms with van der Waals surface area (Å²) in [5, 5.41) is 8.67. The number of ether oxygens (including phenoxy) is 1. The summed E-state index contributed by atoms with van der Waals surface area (Å²) in [7, 11) is 0. The molecule has 2 rings (SSSR count). The third-order valence-electron chi connectivity index (χ3n) is 3.94. The Labute approximate surface area is 136 Å². The van der Waals surface area contributed by atoms with E-state index in [4.69, 9.17) is 9.84 Å². The second kappa shape index (κ2) is 8.53. The molecule has 1 aliphatic heterocycles. The van der Waals surface area contributed by atoms with Gasteiger partial charge in [-0.2, -0.15) is 0 Å². The summed E-state index contributed by atoms with van der Waals surface area (Å²) in [5.74, 6) is -0.130. The molecule has 1 fully saturated rings. The predicted octanol–water partition coefficient (Wildman–Crippen LogP) is 1.71. The first kappa shape index (κ1) is 17.3. The molecular formula is C17H24N2O4. The van der Waals surface area contributed by atoms with E-state index in [2.05, 4.69) is 4.90 Å². The highest BCUT2D eigenvalue weighted by Gasteiger charge is 2.23. The molecule has 0 unspecified atom stereocenters. The molecule has 23 heavy (non-hydrogen) atoms. The van der Waals surface area contributed by atoms with Gasteiger partial charge in [0.05, 0.1) is 12.2 Å². The van der Waals surface area contributed by atoms with Crippen molar-refractivity contribution in [2.45, 2.75) is 19.8 Å². The van der Waals surface area contributed by atoms with Crippen molar-refractivity contribution in [3.8, 4) is 5.75 Å². The van der Waals surface area contributed by atoms with Gasteiger partial charge in [0.25, 0.3) is 5.91 Å². The number of carboxylic acids is 1. The average molecular weight is 320 g/mol. The van der Waals surface area contributed by atoms with Gasteiger partial charge in [-0.25, -0.2) is 0 Å². The Kier molecular flexibility index (Phi) is 6.40. The molecule has 0 atom stereocenters. The molecule has 0 spiro atoms. The van der Waals surface area contributed by atoms with Crippen molar-refractivity contribution < 1.29 is 19.4 Å². The molecule has 126 valence electrons. The van der Waals surface area contributed by atoms with Crippen LogP contribution in [0.3, 0.4) is 0 Å². The van der Waals surface area contributed by atoms with Crippen LogP contribution in [0.25, 0.3) is 0 Å². The number of amides is 1. The SMILES string of the molecule is CCOc1ccccc1C(=O)N1CCN(CCCC(=O)O)CC1. The van der Waals surface area contributed by atoms with E-state index < -0.39 is 5.97 Å². The van der Waals surface area contributed by atoms with Crippen LogP contribution in [0.2, 0.25) is 0 Å². The molecule has 1 amide bonds. The van der Waals surface area contributed by atoms with Crippen LogP contribution in [0.4, 0.5) is 0 Å². The first-order valence-corrected chi connectivity index (χ1v) is 8.07. The van der Waals surface area contributed by atoms with E-state index in [1.54, 1.807) is 6.07 Å². The number of carboxylic acid groups (broad SMARTS) is 1. The molecule has 1 N–H and O–H groups in total. The Morgan fingerprint density at radius 1 is 1.17 bits per heavy atom. The zero-order chi connectivity index (χ0) is 16.7. The summed E-state index contributed by atoms with van der Waals surface area (Å²) in [4.78, 5) is 27.2. The molecule has 1 aromatic carbocycles. The van der Waals surface area contributed by atoms with Crippen molar-refractivity contribution in [1.82, 2.24) is 9.80 Å². The van der Waals surface area contributed by atoms with E-state index in [0.717, 1.165) is 19.6 Å². The third kappa shape index (κ3) is 4.96. The summed E-state index contributed by atoms with van der Waals surface area (Å²) in [6.07, 6.45) is 0.845. The molecular weight excluding hydrogens is 296 g/mol. The molecule has 0 aromatic heterocycles. The van der Waals surface area contributed by atoms with Crippen LogP contribution < -0.4 is 4.74 Å². The van der Waals surface area contributed by atoms with E-state index in [1.165, 1.54) is 0 Å². The molecule has 0 bridgehead atoms. The van der Waals surface area contributed by atoms with Crippen LogP contribution in [-0.4, -0.2) is 66.1 Å². The number of rotatable bonds is 7. The molecule has 0 aliphatic carbocycles. The molecule has 6 heteroatoms. The van der Waals surface area contributed by atoms with Gasteiger partial charge in [-0.3, -0.25) is 14.5 Å². The highest BCUT2D eigenvalue weighted by atomic mass is 16.5. The molecule has 1 saturated heterocycles. The molecule has 0 radical (unpaired) electrons. The maximum absolute atomic E-state index is 12.7. The minimum Gasteiger partial charge on any atom is -0.493 e. The summed E-state index contributed by atoms with van der Waals surface area (Å²) in [6.45, 7) is 6.08. The summed E-state index contributed by atoms with van der Waals surface area (Å²) in [5.41, 5.74) is 0.605. The van der Waals surface area contributed by atoms with Crippen molar-refractivity contribution in [2.75, 3.05) is 39.3 Å². The van der Waals surface area contributed by atoms with E-state index in [9.17, 15) is 9.59 Å². The van der Waals surface area contributed by atoms with Gasteiger partial charge in [-0.05, 0) is 32.0 Å². The Morgan fingerprint density at radius 3 is 2.52 bits per heavy atom. The van der Waals surface area contributed by atoms with Crippen molar-refractivity contribution in [2.24, 2.45) is 0 Å². The Balaban J connectivity index is 1.87. The Morgan fingerprint density at radius 2 is 1.87 bits per heavy atom. The second-order valence-corrected chi connectivity index (χ2v) is 5.56. The zero-order valence-corrected chi connectivity index (χ0v) is 13.5. The average Bonchev–Trinajstić information content (AvgIpc) is 2.55. The van der Waals surface area contributed by atoms with E-state index in [-0.39, 0.29) is 12.3 Å². The minimum absolute atomic E-state index is 0.000707. The number of hydrogen-bond donors (Lipinski definition) is 1. The lowest BCUT2D eigenvalue weighted by molar-refractivity contribution is -0.137. The molecule has 1 heterocycles. The van der Waals surface area contributed by atoms with Crippen LogP contribution in [0.1, 0.15) is 30.1 Å². The van der Waals surface area contributed by atoms with E-state index in [0.29, 0.717) is 37.4 Å². The van der Waals surface area contributed by atoms with Crippen LogP contribution in [0.15, 0.2) is 24.3 Å². The third-order valence-corrected chi connectivity index (χ3v) is 3.94. The van der Waals surface area contributed by atoms with Crippen molar-refractivity contribution in [3.63, 3.8) is 0 Å². The van der Waals surface area contributed by atoms with E-state index in [1.807, 2.05) is 30.0 Å². The Bertz CT molecular complexity index is 539. The maximum Gasteiger partial charge on any atom is 0.303 e. The fourth-order valence-electron chi connectivity index (χ4n) is 2.72. The highest BCUT2D eigenvalue weighted by molar-refractivity contribution is 5.97. The monoisotopic (exact) mass is 320 g/mol. The molecule has 6 nitrogen and oxygen atoms in total. The van der Waals surface area contributed by atoms with Crippen LogP contribution in [0.5, 0.6) is 5.75 Å². The smallest absolute Gasteiger partial charge is 0.303 e. The number of carbonyl (C=O) groups excluding carboxylic acids is 1. The first-order chi connectivity index (χ1) is 11.1.